The largest absolute Gasteiger partial charge is 0.779 e. The van der Waals surface area contributed by atoms with Crippen molar-refractivity contribution in [2.45, 2.75) is 200 Å². The highest BCUT2D eigenvalue weighted by atomic mass is 31.2. The summed E-state index contributed by atoms with van der Waals surface area (Å²) in [5.41, 5.74) is 0. The Morgan fingerprint density at radius 1 is 0.476 bits per heavy atom. The van der Waals surface area contributed by atoms with Crippen molar-refractivity contribution in [3.63, 3.8) is 0 Å². The summed E-state index contributed by atoms with van der Waals surface area (Å²) >= 11 is 0. The van der Waals surface area contributed by atoms with Crippen LogP contribution in [0.2, 0.25) is 0 Å². The Morgan fingerprint density at radius 3 is 1.12 bits per heavy atom. The van der Waals surface area contributed by atoms with Crippen molar-refractivity contribution >= 4 is 7.60 Å². The van der Waals surface area contributed by atoms with E-state index in [4.69, 9.17) is 14.0 Å². The summed E-state index contributed by atoms with van der Waals surface area (Å²) in [6.45, 7) is 7.47. The van der Waals surface area contributed by atoms with Gasteiger partial charge in [-0.25, -0.2) is 0 Å². The van der Waals surface area contributed by atoms with Gasteiger partial charge in [0.05, 0.1) is 13.2 Å². The molecule has 0 aromatic carbocycles. The molecular formula is C36H74O5P-. The molecule has 0 heterocycles. The minimum absolute atomic E-state index is 0.0502. The third-order valence-corrected chi connectivity index (χ3v) is 8.91. The fraction of sp³-hybridized carbons (Fsp3) is 1.00. The number of rotatable bonds is 36. The fourth-order valence-corrected chi connectivity index (χ4v) is 5.96. The number of hydrogen-bond acceptors (Lipinski definition) is 5. The lowest BCUT2D eigenvalue weighted by Gasteiger charge is -2.23. The van der Waals surface area contributed by atoms with Crippen LogP contribution in [0.15, 0.2) is 0 Å². The van der Waals surface area contributed by atoms with Crippen molar-refractivity contribution in [1.29, 1.82) is 0 Å². The molecule has 0 saturated carbocycles. The molecule has 6 heteroatoms. The van der Waals surface area contributed by atoms with Crippen molar-refractivity contribution in [3.8, 4) is 0 Å². The number of ether oxygens (including phenoxy) is 2. The second-order valence-electron chi connectivity index (χ2n) is 12.8. The van der Waals surface area contributed by atoms with Crippen molar-refractivity contribution < 1.29 is 23.5 Å². The average molecular weight is 618 g/mol. The monoisotopic (exact) mass is 618 g/mol. The highest BCUT2D eigenvalue weighted by molar-refractivity contribution is 7.50. The van der Waals surface area contributed by atoms with Crippen LogP contribution in [0.1, 0.15) is 194 Å². The van der Waals surface area contributed by atoms with E-state index < -0.39 is 7.60 Å². The van der Waals surface area contributed by atoms with Gasteiger partial charge in [0.15, 0.2) is 0 Å². The Morgan fingerprint density at radius 2 is 0.786 bits per heavy atom. The molecule has 0 amide bonds. The van der Waals surface area contributed by atoms with Crippen molar-refractivity contribution in [2.24, 2.45) is 0 Å². The first-order chi connectivity index (χ1) is 20.5. The Labute approximate surface area is 263 Å². The SMILES string of the molecule is CCCCCCCCCCCCCCCCOCC(COP(C)(=O)[O-])OCCCCCCCCCCCCCCCC. The lowest BCUT2D eigenvalue weighted by Crippen LogP contribution is -2.27. The third kappa shape index (κ3) is 36.3. The normalized spacial score (nSPS) is 13.9. The van der Waals surface area contributed by atoms with Gasteiger partial charge in [0.1, 0.15) is 13.7 Å². The summed E-state index contributed by atoms with van der Waals surface area (Å²) in [7, 11) is -3.76. The van der Waals surface area contributed by atoms with Gasteiger partial charge in [-0.2, -0.15) is 0 Å². The third-order valence-electron chi connectivity index (χ3n) is 8.29. The summed E-state index contributed by atoms with van der Waals surface area (Å²) in [6.07, 6.45) is 37.1. The lowest BCUT2D eigenvalue weighted by molar-refractivity contribution is -0.199. The minimum atomic E-state index is -3.76. The van der Waals surface area contributed by atoms with E-state index >= 15 is 0 Å². The highest BCUT2D eigenvalue weighted by Crippen LogP contribution is 2.31. The van der Waals surface area contributed by atoms with E-state index in [1.807, 2.05) is 0 Å². The summed E-state index contributed by atoms with van der Waals surface area (Å²) in [6, 6.07) is 0. The first-order valence-corrected chi connectivity index (χ1v) is 20.6. The molecule has 0 bridgehead atoms. The molecule has 0 aliphatic heterocycles. The maximum atomic E-state index is 11.5. The van der Waals surface area contributed by atoms with E-state index in [0.29, 0.717) is 19.8 Å². The molecule has 0 aromatic rings. The average Bonchev–Trinajstić information content (AvgIpc) is 2.96. The zero-order chi connectivity index (χ0) is 30.8. The van der Waals surface area contributed by atoms with Gasteiger partial charge in [0.25, 0.3) is 0 Å². The van der Waals surface area contributed by atoms with Crippen LogP contribution < -0.4 is 4.89 Å². The first-order valence-electron chi connectivity index (χ1n) is 18.6. The Bertz CT molecular complexity index is 553. The lowest BCUT2D eigenvalue weighted by atomic mass is 10.0. The molecule has 42 heavy (non-hydrogen) atoms. The van der Waals surface area contributed by atoms with Crippen LogP contribution in [-0.2, 0) is 18.6 Å². The molecule has 0 rings (SSSR count). The van der Waals surface area contributed by atoms with Gasteiger partial charge in [-0.15, -0.1) is 0 Å². The topological polar surface area (TPSA) is 67.8 Å². The molecular weight excluding hydrogens is 543 g/mol. The minimum Gasteiger partial charge on any atom is -0.779 e. The van der Waals surface area contributed by atoms with E-state index in [-0.39, 0.29) is 12.7 Å². The number of unbranched alkanes of at least 4 members (excludes halogenated alkanes) is 26. The van der Waals surface area contributed by atoms with Gasteiger partial charge in [-0.1, -0.05) is 181 Å². The molecule has 2 unspecified atom stereocenters. The molecule has 0 aromatic heterocycles. The van der Waals surface area contributed by atoms with E-state index in [1.165, 1.54) is 167 Å². The maximum absolute atomic E-state index is 11.5. The van der Waals surface area contributed by atoms with Crippen molar-refractivity contribution in [1.82, 2.24) is 0 Å². The molecule has 0 fully saturated rings. The van der Waals surface area contributed by atoms with Gasteiger partial charge < -0.3 is 23.5 Å². The maximum Gasteiger partial charge on any atom is 0.131 e. The molecule has 0 N–H and O–H groups in total. The van der Waals surface area contributed by atoms with E-state index in [0.717, 1.165) is 19.5 Å². The second-order valence-corrected chi connectivity index (χ2v) is 14.6. The van der Waals surface area contributed by atoms with Gasteiger partial charge in [0, 0.05) is 19.9 Å². The van der Waals surface area contributed by atoms with Crippen LogP contribution in [0.3, 0.4) is 0 Å². The zero-order valence-electron chi connectivity index (χ0n) is 28.7. The van der Waals surface area contributed by atoms with E-state index in [1.54, 1.807) is 0 Å². The predicted octanol–water partition coefficient (Wildman–Crippen LogP) is 11.6. The number of hydrogen-bond donors (Lipinski definition) is 0. The van der Waals surface area contributed by atoms with Gasteiger partial charge in [-0.05, 0) is 12.8 Å². The molecule has 0 saturated heterocycles. The first kappa shape index (κ1) is 42.1. The molecule has 0 aliphatic rings. The summed E-state index contributed by atoms with van der Waals surface area (Å²) < 4.78 is 28.3. The Balaban J connectivity index is 3.65. The standard InChI is InChI=1S/C36H75O5P/c1-4-6-8-10-12-14-16-18-20-22-24-26-28-30-32-39-34-36(35-41-42(3,37)38)40-33-31-29-27-25-23-21-19-17-15-13-11-9-7-5-2/h36H,4-35H2,1-3H3,(H,37,38)/p-1. The molecule has 0 aliphatic carbocycles. The Hall–Kier alpha value is 0.0700. The van der Waals surface area contributed by atoms with Crippen LogP contribution >= 0.6 is 7.60 Å². The molecule has 0 radical (unpaired) electrons. The zero-order valence-corrected chi connectivity index (χ0v) is 29.6. The van der Waals surface area contributed by atoms with Crippen LogP contribution in [-0.4, -0.2) is 39.2 Å². The van der Waals surface area contributed by atoms with Gasteiger partial charge in [-0.3, -0.25) is 0 Å². The smallest absolute Gasteiger partial charge is 0.131 e. The molecule has 2 atom stereocenters. The van der Waals surface area contributed by atoms with Crippen molar-refractivity contribution in [2.75, 3.05) is 33.1 Å². The highest BCUT2D eigenvalue weighted by Gasteiger charge is 2.12. The summed E-state index contributed by atoms with van der Waals surface area (Å²) in [5.74, 6) is 0. The van der Waals surface area contributed by atoms with Crippen LogP contribution in [0, 0.1) is 0 Å². The summed E-state index contributed by atoms with van der Waals surface area (Å²) in [5, 5.41) is 0. The van der Waals surface area contributed by atoms with E-state index in [9.17, 15) is 9.46 Å². The van der Waals surface area contributed by atoms with Crippen molar-refractivity contribution in [3.05, 3.63) is 0 Å². The van der Waals surface area contributed by atoms with E-state index in [2.05, 4.69) is 13.8 Å². The summed E-state index contributed by atoms with van der Waals surface area (Å²) in [4.78, 5) is 11.5. The quantitative estimate of drug-likeness (QED) is 0.0517. The molecule has 254 valence electrons. The second kappa shape index (κ2) is 34.0. The predicted molar refractivity (Wildman–Crippen MR) is 181 cm³/mol. The van der Waals surface area contributed by atoms with Crippen LogP contribution in [0.5, 0.6) is 0 Å². The fourth-order valence-electron chi connectivity index (χ4n) is 5.52. The van der Waals surface area contributed by atoms with Crippen LogP contribution in [0.4, 0.5) is 0 Å². The Kier molecular flexibility index (Phi) is 34.0. The van der Waals surface area contributed by atoms with Gasteiger partial charge in [0.2, 0.25) is 0 Å². The van der Waals surface area contributed by atoms with Crippen LogP contribution in [0.25, 0.3) is 0 Å². The van der Waals surface area contributed by atoms with Gasteiger partial charge >= 0.3 is 0 Å². The molecule has 5 nitrogen and oxygen atoms in total. The molecule has 0 spiro atoms.